The van der Waals surface area contributed by atoms with Crippen LogP contribution in [0.1, 0.15) is 34.1 Å². The van der Waals surface area contributed by atoms with E-state index in [1.165, 1.54) is 0 Å². The van der Waals surface area contributed by atoms with Crippen molar-refractivity contribution in [1.29, 1.82) is 0 Å². The molecule has 7 nitrogen and oxygen atoms in total. The van der Waals surface area contributed by atoms with Crippen molar-refractivity contribution in [2.75, 3.05) is 0 Å². The third-order valence-corrected chi connectivity index (χ3v) is 4.36. The van der Waals surface area contributed by atoms with Crippen molar-refractivity contribution in [3.63, 3.8) is 0 Å². The van der Waals surface area contributed by atoms with E-state index in [4.69, 9.17) is 4.74 Å². The van der Waals surface area contributed by atoms with Gasteiger partial charge in [0.25, 0.3) is 0 Å². The lowest BCUT2D eigenvalue weighted by Gasteiger charge is -2.25. The number of hydrogen-bond acceptors (Lipinski definition) is 5. The van der Waals surface area contributed by atoms with Crippen molar-refractivity contribution >= 4 is 5.65 Å². The fraction of sp³-hybridized carbons (Fsp3) is 0.176. The Labute approximate surface area is 137 Å². The number of ether oxygens (including phenoxy) is 1. The highest BCUT2D eigenvalue weighted by Gasteiger charge is 2.36. The largest absolute Gasteiger partial charge is 0.418 e. The maximum absolute atomic E-state index is 5.93. The molecular weight excluding hydrogens is 304 g/mol. The first-order chi connectivity index (χ1) is 11.7. The van der Waals surface area contributed by atoms with E-state index in [1.54, 1.807) is 10.8 Å². The van der Waals surface area contributed by atoms with E-state index < -0.39 is 0 Å². The summed E-state index contributed by atoms with van der Waals surface area (Å²) in [5, 5.41) is 11.7. The first-order valence-corrected chi connectivity index (χ1v) is 7.72. The number of aryl methyl sites for hydroxylation is 2. The minimum atomic E-state index is -0.0523. The Kier molecular flexibility index (Phi) is 2.56. The molecule has 4 aromatic rings. The van der Waals surface area contributed by atoms with Gasteiger partial charge in [0.05, 0.1) is 11.5 Å². The van der Waals surface area contributed by atoms with Gasteiger partial charge < -0.3 is 4.74 Å². The smallest absolute Gasteiger partial charge is 0.244 e. The number of aromatic amines is 1. The summed E-state index contributed by atoms with van der Waals surface area (Å²) in [7, 11) is 0. The fourth-order valence-corrected chi connectivity index (χ4v) is 3.35. The van der Waals surface area contributed by atoms with E-state index in [0.29, 0.717) is 17.6 Å². The number of nitrogens with one attached hydrogen (secondary N) is 1. The highest BCUT2D eigenvalue weighted by Crippen LogP contribution is 2.47. The molecule has 1 atom stereocenters. The molecule has 1 N–H and O–H groups in total. The SMILES string of the molecule is Cc1nc2c3c(ncn2n1)Oc1n[nH]c(C)c1[C@@H]3c1ccccc1. The van der Waals surface area contributed by atoms with Gasteiger partial charge in [0.1, 0.15) is 12.2 Å². The van der Waals surface area contributed by atoms with E-state index >= 15 is 0 Å². The van der Waals surface area contributed by atoms with Crippen molar-refractivity contribution in [3.05, 3.63) is 64.9 Å². The van der Waals surface area contributed by atoms with Crippen molar-refractivity contribution in [1.82, 2.24) is 29.8 Å². The molecule has 118 valence electrons. The molecular formula is C17H14N6O. The van der Waals surface area contributed by atoms with E-state index in [9.17, 15) is 0 Å². The van der Waals surface area contributed by atoms with Crippen LogP contribution in [0.15, 0.2) is 36.7 Å². The van der Waals surface area contributed by atoms with Crippen LogP contribution in [0.3, 0.4) is 0 Å². The highest BCUT2D eigenvalue weighted by atomic mass is 16.5. The molecule has 7 heteroatoms. The second kappa shape index (κ2) is 4.64. The Morgan fingerprint density at radius 1 is 1.08 bits per heavy atom. The molecule has 1 aliphatic rings. The summed E-state index contributed by atoms with van der Waals surface area (Å²) in [6, 6.07) is 10.3. The molecule has 24 heavy (non-hydrogen) atoms. The van der Waals surface area contributed by atoms with E-state index in [-0.39, 0.29) is 5.92 Å². The van der Waals surface area contributed by atoms with Gasteiger partial charge in [-0.1, -0.05) is 30.3 Å². The van der Waals surface area contributed by atoms with Crippen LogP contribution in [-0.2, 0) is 0 Å². The van der Waals surface area contributed by atoms with Crippen LogP contribution in [0.2, 0.25) is 0 Å². The topological polar surface area (TPSA) is 81.0 Å². The number of benzene rings is 1. The Balaban J connectivity index is 1.88. The molecule has 0 amide bonds. The molecule has 0 radical (unpaired) electrons. The van der Waals surface area contributed by atoms with Crippen molar-refractivity contribution in [2.45, 2.75) is 19.8 Å². The van der Waals surface area contributed by atoms with Crippen LogP contribution in [0.4, 0.5) is 0 Å². The monoisotopic (exact) mass is 318 g/mol. The fourth-order valence-electron chi connectivity index (χ4n) is 3.35. The quantitative estimate of drug-likeness (QED) is 0.514. The van der Waals surface area contributed by atoms with Gasteiger partial charge in [-0.15, -0.1) is 5.10 Å². The van der Waals surface area contributed by atoms with Crippen molar-refractivity contribution in [2.24, 2.45) is 0 Å². The van der Waals surface area contributed by atoms with Gasteiger partial charge in [-0.3, -0.25) is 5.10 Å². The Hall–Kier alpha value is -3.22. The summed E-state index contributed by atoms with van der Waals surface area (Å²) in [5.41, 5.74) is 4.81. The Bertz CT molecular complexity index is 1070. The van der Waals surface area contributed by atoms with Crippen LogP contribution in [-0.4, -0.2) is 29.8 Å². The van der Waals surface area contributed by atoms with Crippen LogP contribution >= 0.6 is 0 Å². The predicted molar refractivity (Wildman–Crippen MR) is 86.3 cm³/mol. The second-order valence-electron chi connectivity index (χ2n) is 5.90. The molecule has 0 saturated heterocycles. The lowest BCUT2D eigenvalue weighted by Crippen LogP contribution is -2.15. The molecule has 1 aromatic carbocycles. The molecule has 0 spiro atoms. The van der Waals surface area contributed by atoms with Gasteiger partial charge in [-0.05, 0) is 19.4 Å². The summed E-state index contributed by atoms with van der Waals surface area (Å²) >= 11 is 0. The van der Waals surface area contributed by atoms with Gasteiger partial charge in [0, 0.05) is 11.3 Å². The van der Waals surface area contributed by atoms with Crippen LogP contribution in [0.25, 0.3) is 5.65 Å². The minimum absolute atomic E-state index is 0.0523. The standard InChI is InChI=1S/C17H14N6O/c1-9-12-13(11-6-4-3-5-7-11)14-15-19-10(2)22-23(15)8-18-16(14)24-17(12)21-20-9/h3-8,13H,1-2H3,(H,20,21)/t13-/m0/s1. The van der Waals surface area contributed by atoms with Gasteiger partial charge in [0.15, 0.2) is 5.65 Å². The van der Waals surface area contributed by atoms with Gasteiger partial charge in [0.2, 0.25) is 11.8 Å². The van der Waals surface area contributed by atoms with E-state index in [1.807, 2.05) is 32.0 Å². The molecule has 0 saturated carbocycles. The molecule has 1 aliphatic heterocycles. The number of fused-ring (bicyclic) bond motifs is 4. The summed E-state index contributed by atoms with van der Waals surface area (Å²) < 4.78 is 7.64. The maximum Gasteiger partial charge on any atom is 0.244 e. The normalized spacial score (nSPS) is 15.8. The average Bonchev–Trinajstić information content (AvgIpc) is 3.16. The van der Waals surface area contributed by atoms with E-state index in [2.05, 4.69) is 37.4 Å². The molecule has 5 rings (SSSR count). The van der Waals surface area contributed by atoms with Gasteiger partial charge >= 0.3 is 0 Å². The number of aromatic nitrogens is 6. The minimum Gasteiger partial charge on any atom is -0.418 e. The molecule has 4 heterocycles. The predicted octanol–water partition coefficient (Wildman–Crippen LogP) is 2.75. The van der Waals surface area contributed by atoms with Gasteiger partial charge in [-0.2, -0.15) is 5.10 Å². The lowest BCUT2D eigenvalue weighted by atomic mass is 9.84. The Morgan fingerprint density at radius 3 is 2.75 bits per heavy atom. The van der Waals surface area contributed by atoms with Crippen molar-refractivity contribution < 1.29 is 4.74 Å². The first kappa shape index (κ1) is 13.2. The summed E-state index contributed by atoms with van der Waals surface area (Å²) in [5.74, 6) is 1.75. The highest BCUT2D eigenvalue weighted by molar-refractivity contribution is 5.65. The molecule has 0 aliphatic carbocycles. The van der Waals surface area contributed by atoms with Crippen LogP contribution < -0.4 is 4.74 Å². The van der Waals surface area contributed by atoms with Crippen molar-refractivity contribution in [3.8, 4) is 11.8 Å². The number of hydrogen-bond donors (Lipinski definition) is 1. The third kappa shape index (κ3) is 1.72. The third-order valence-electron chi connectivity index (χ3n) is 4.36. The van der Waals surface area contributed by atoms with Crippen LogP contribution in [0.5, 0.6) is 11.8 Å². The first-order valence-electron chi connectivity index (χ1n) is 7.72. The molecule has 0 fully saturated rings. The summed E-state index contributed by atoms with van der Waals surface area (Å²) in [4.78, 5) is 9.02. The molecule has 0 bridgehead atoms. The molecule has 3 aromatic heterocycles. The summed E-state index contributed by atoms with van der Waals surface area (Å²) in [6.07, 6.45) is 1.63. The average molecular weight is 318 g/mol. The number of H-pyrrole nitrogens is 1. The zero-order valence-electron chi connectivity index (χ0n) is 13.2. The van der Waals surface area contributed by atoms with Gasteiger partial charge in [-0.25, -0.2) is 14.5 Å². The number of rotatable bonds is 1. The number of nitrogens with zero attached hydrogens (tertiary/aromatic N) is 5. The summed E-state index contributed by atoms with van der Waals surface area (Å²) in [6.45, 7) is 3.87. The van der Waals surface area contributed by atoms with E-state index in [0.717, 1.165) is 28.0 Å². The maximum atomic E-state index is 5.93. The zero-order chi connectivity index (χ0) is 16.3. The Morgan fingerprint density at radius 2 is 1.92 bits per heavy atom. The zero-order valence-corrected chi connectivity index (χ0v) is 13.2. The second-order valence-corrected chi connectivity index (χ2v) is 5.90. The lowest BCUT2D eigenvalue weighted by molar-refractivity contribution is 0.416. The molecule has 0 unspecified atom stereocenters. The van der Waals surface area contributed by atoms with Crippen LogP contribution in [0, 0.1) is 13.8 Å².